The molecule has 1 fully saturated rings. The Kier molecular flexibility index (Phi) is 5.78. The van der Waals surface area contributed by atoms with E-state index in [0.29, 0.717) is 5.56 Å². The van der Waals surface area contributed by atoms with Gasteiger partial charge in [-0.25, -0.2) is 4.79 Å². The third-order valence-corrected chi connectivity index (χ3v) is 6.21. The van der Waals surface area contributed by atoms with Gasteiger partial charge >= 0.3 is 5.97 Å². The van der Waals surface area contributed by atoms with Crippen molar-refractivity contribution in [2.24, 2.45) is 0 Å². The van der Waals surface area contributed by atoms with E-state index < -0.39 is 0 Å². The van der Waals surface area contributed by atoms with Gasteiger partial charge in [0, 0.05) is 29.8 Å². The molecule has 0 aliphatic carbocycles. The van der Waals surface area contributed by atoms with Crippen LogP contribution in [0.2, 0.25) is 0 Å². The molecule has 1 N–H and O–H groups in total. The molecule has 1 saturated heterocycles. The topological polar surface area (TPSA) is 59.4 Å². The van der Waals surface area contributed by atoms with Crippen LogP contribution in [-0.4, -0.2) is 39.2 Å². The van der Waals surface area contributed by atoms with Crippen molar-refractivity contribution in [1.29, 1.82) is 0 Å². The van der Waals surface area contributed by atoms with Crippen molar-refractivity contribution in [2.45, 2.75) is 32.9 Å². The summed E-state index contributed by atoms with van der Waals surface area (Å²) in [5.74, 6) is -0.345. The molecule has 4 rings (SSSR count). The Labute approximate surface area is 187 Å². The first kappa shape index (κ1) is 21.1. The molecule has 0 saturated carbocycles. The van der Waals surface area contributed by atoms with Crippen LogP contribution in [0.5, 0.6) is 0 Å². The number of thiocarbonyl (C=S) groups is 1. The fourth-order valence-corrected chi connectivity index (χ4v) is 4.83. The van der Waals surface area contributed by atoms with E-state index in [9.17, 15) is 4.79 Å². The molecule has 1 aliphatic rings. The molecule has 2 atom stereocenters. The minimum Gasteiger partial charge on any atom is -0.465 e. The highest BCUT2D eigenvalue weighted by atomic mass is 32.1. The third-order valence-electron chi connectivity index (χ3n) is 5.85. The maximum atomic E-state index is 12.0. The second-order valence-electron chi connectivity index (χ2n) is 7.62. The predicted octanol–water partition coefficient (Wildman–Crippen LogP) is 4.27. The molecule has 7 heteroatoms. The van der Waals surface area contributed by atoms with Crippen LogP contribution in [0.3, 0.4) is 0 Å². The van der Waals surface area contributed by atoms with Gasteiger partial charge in [0.2, 0.25) is 0 Å². The van der Waals surface area contributed by atoms with Crippen molar-refractivity contribution in [1.82, 2.24) is 19.8 Å². The summed E-state index contributed by atoms with van der Waals surface area (Å²) < 4.78 is 7.07. The second kappa shape index (κ2) is 8.51. The molecule has 0 spiro atoms. The fraction of sp³-hybridized carbons (Fsp3) is 0.292. The number of esters is 1. The van der Waals surface area contributed by atoms with Gasteiger partial charge in [-0.3, -0.25) is 4.98 Å². The van der Waals surface area contributed by atoms with Crippen LogP contribution in [0.25, 0.3) is 5.69 Å². The highest BCUT2D eigenvalue weighted by Gasteiger charge is 2.40. The smallest absolute Gasteiger partial charge is 0.337 e. The SMILES string of the molecule is CCN1C(=S)N[C@@H](c2ccccn2)[C@@H]1c1cc(C)n(-c2cccc(C(=O)OC)c2)c1C. The standard InChI is InChI=1S/C24H26N4O2S/c1-5-27-22(21(26-24(27)31)20-11-6-7-12-25-20)19-13-15(2)28(16(19)3)18-10-8-9-17(14-18)23(29)30-4/h6-14,21-22H,5H2,1-4H3,(H,26,31)/t21-,22-/m0/s1. The van der Waals surface area contributed by atoms with Gasteiger partial charge < -0.3 is 19.5 Å². The normalized spacial score (nSPS) is 18.2. The zero-order chi connectivity index (χ0) is 22.1. The maximum Gasteiger partial charge on any atom is 0.337 e. The summed E-state index contributed by atoms with van der Waals surface area (Å²) in [5, 5.41) is 4.21. The van der Waals surface area contributed by atoms with Crippen molar-refractivity contribution in [3.8, 4) is 5.69 Å². The van der Waals surface area contributed by atoms with Crippen molar-refractivity contribution >= 4 is 23.3 Å². The zero-order valence-electron chi connectivity index (χ0n) is 18.1. The minimum absolute atomic E-state index is 0.0242. The fourth-order valence-electron chi connectivity index (χ4n) is 4.46. The number of aryl methyl sites for hydroxylation is 1. The molecule has 0 bridgehead atoms. The number of ether oxygens (including phenoxy) is 1. The number of aromatic nitrogens is 2. The van der Waals surface area contributed by atoms with Crippen molar-refractivity contribution < 1.29 is 9.53 Å². The molecule has 3 heterocycles. The monoisotopic (exact) mass is 434 g/mol. The average Bonchev–Trinajstić information content (AvgIpc) is 3.28. The molecular formula is C24H26N4O2S. The number of likely N-dealkylation sites (N-methyl/N-ethyl adjacent to an activating group) is 1. The predicted molar refractivity (Wildman–Crippen MR) is 124 cm³/mol. The van der Waals surface area contributed by atoms with Gasteiger partial charge in [-0.1, -0.05) is 12.1 Å². The second-order valence-corrected chi connectivity index (χ2v) is 8.00. The lowest BCUT2D eigenvalue weighted by Gasteiger charge is -2.27. The summed E-state index contributed by atoms with van der Waals surface area (Å²) in [6, 6.07) is 15.7. The first-order chi connectivity index (χ1) is 15.0. The third kappa shape index (κ3) is 3.70. The Morgan fingerprint density at radius 1 is 1.19 bits per heavy atom. The molecule has 31 heavy (non-hydrogen) atoms. The van der Waals surface area contributed by atoms with Gasteiger partial charge in [0.05, 0.1) is 30.5 Å². The number of hydrogen-bond donors (Lipinski definition) is 1. The van der Waals surface area contributed by atoms with E-state index in [0.717, 1.165) is 34.4 Å². The summed E-state index contributed by atoms with van der Waals surface area (Å²) in [6.07, 6.45) is 1.81. The van der Waals surface area contributed by atoms with Gasteiger partial charge in [-0.15, -0.1) is 0 Å². The van der Waals surface area contributed by atoms with E-state index in [1.165, 1.54) is 12.7 Å². The van der Waals surface area contributed by atoms with Gasteiger partial charge in [-0.2, -0.15) is 0 Å². The van der Waals surface area contributed by atoms with Gasteiger partial charge in [-0.05, 0) is 75.0 Å². The Morgan fingerprint density at radius 2 is 2.00 bits per heavy atom. The summed E-state index contributed by atoms with van der Waals surface area (Å²) in [4.78, 5) is 18.8. The van der Waals surface area contributed by atoms with Crippen LogP contribution >= 0.6 is 12.2 Å². The molecule has 1 aromatic carbocycles. The lowest BCUT2D eigenvalue weighted by molar-refractivity contribution is 0.0600. The Balaban J connectivity index is 1.81. The largest absolute Gasteiger partial charge is 0.465 e. The van der Waals surface area contributed by atoms with E-state index in [2.05, 4.69) is 46.6 Å². The number of rotatable bonds is 5. The number of carbonyl (C=O) groups excluding carboxylic acids is 1. The first-order valence-corrected chi connectivity index (χ1v) is 10.7. The molecule has 2 aromatic heterocycles. The number of hydrogen-bond acceptors (Lipinski definition) is 4. The number of pyridine rings is 1. The number of nitrogens with zero attached hydrogens (tertiary/aromatic N) is 3. The van der Waals surface area contributed by atoms with Gasteiger partial charge in [0.25, 0.3) is 0 Å². The molecule has 160 valence electrons. The Morgan fingerprint density at radius 3 is 2.68 bits per heavy atom. The van der Waals surface area contributed by atoms with Crippen molar-refractivity contribution in [2.75, 3.05) is 13.7 Å². The summed E-state index contributed by atoms with van der Waals surface area (Å²) in [6.45, 7) is 7.09. The summed E-state index contributed by atoms with van der Waals surface area (Å²) >= 11 is 5.66. The number of carbonyl (C=O) groups is 1. The molecule has 0 unspecified atom stereocenters. The van der Waals surface area contributed by atoms with Crippen LogP contribution in [0.15, 0.2) is 54.7 Å². The van der Waals surface area contributed by atoms with Crippen molar-refractivity contribution in [3.05, 3.63) is 82.9 Å². The summed E-state index contributed by atoms with van der Waals surface area (Å²) in [5.41, 5.74) is 5.79. The molecule has 6 nitrogen and oxygen atoms in total. The van der Waals surface area contributed by atoms with Gasteiger partial charge in [0.15, 0.2) is 5.11 Å². The van der Waals surface area contributed by atoms with Crippen LogP contribution in [0, 0.1) is 13.8 Å². The number of nitrogens with one attached hydrogen (secondary N) is 1. The van der Waals surface area contributed by atoms with E-state index >= 15 is 0 Å². The Bertz CT molecular complexity index is 1130. The number of methoxy groups -OCH3 is 1. The lowest BCUT2D eigenvalue weighted by Crippen LogP contribution is -2.29. The van der Waals surface area contributed by atoms with E-state index in [-0.39, 0.29) is 18.1 Å². The highest BCUT2D eigenvalue weighted by Crippen LogP contribution is 2.41. The van der Waals surface area contributed by atoms with Crippen molar-refractivity contribution in [3.63, 3.8) is 0 Å². The van der Waals surface area contributed by atoms with Crippen LogP contribution in [-0.2, 0) is 4.74 Å². The van der Waals surface area contributed by atoms with E-state index in [1.807, 2.05) is 42.6 Å². The van der Waals surface area contributed by atoms with Crippen LogP contribution in [0.1, 0.15) is 52.0 Å². The van der Waals surface area contributed by atoms with E-state index in [1.54, 1.807) is 6.07 Å². The minimum atomic E-state index is -0.345. The van der Waals surface area contributed by atoms with Crippen LogP contribution < -0.4 is 5.32 Å². The van der Waals surface area contributed by atoms with E-state index in [4.69, 9.17) is 17.0 Å². The molecule has 0 radical (unpaired) electrons. The first-order valence-electron chi connectivity index (χ1n) is 10.3. The summed E-state index contributed by atoms with van der Waals surface area (Å²) in [7, 11) is 1.40. The maximum absolute atomic E-state index is 12.0. The highest BCUT2D eigenvalue weighted by molar-refractivity contribution is 7.80. The molecular weight excluding hydrogens is 408 g/mol. The molecule has 1 aliphatic heterocycles. The molecule has 0 amide bonds. The quantitative estimate of drug-likeness (QED) is 0.478. The van der Waals surface area contributed by atoms with Crippen LogP contribution in [0.4, 0.5) is 0 Å². The average molecular weight is 435 g/mol. The molecule has 3 aromatic rings. The lowest BCUT2D eigenvalue weighted by atomic mass is 9.97. The Hall–Kier alpha value is -3.19. The number of benzene rings is 1. The van der Waals surface area contributed by atoms with Gasteiger partial charge in [0.1, 0.15) is 0 Å². The zero-order valence-corrected chi connectivity index (χ0v) is 18.9.